The normalized spacial score (nSPS) is 24.8. The van der Waals surface area contributed by atoms with Crippen LogP contribution in [0.2, 0.25) is 0 Å². The van der Waals surface area contributed by atoms with E-state index in [1.807, 2.05) is 23.7 Å². The van der Waals surface area contributed by atoms with Gasteiger partial charge in [-0.05, 0) is 97.7 Å². The van der Waals surface area contributed by atoms with E-state index in [0.717, 1.165) is 68.8 Å². The van der Waals surface area contributed by atoms with E-state index in [-0.39, 0.29) is 29.0 Å². The molecule has 5 heterocycles. The Morgan fingerprint density at radius 3 is 2.43 bits per heavy atom. The van der Waals surface area contributed by atoms with Gasteiger partial charge in [0.05, 0.1) is 17.5 Å². The lowest BCUT2D eigenvalue weighted by Gasteiger charge is -2.47. The molecule has 1 aromatic heterocycles. The summed E-state index contributed by atoms with van der Waals surface area (Å²) in [6.45, 7) is 10.4. The molecule has 9 nitrogen and oxygen atoms in total. The van der Waals surface area contributed by atoms with Gasteiger partial charge >= 0.3 is 6.18 Å². The second-order valence-corrected chi connectivity index (χ2v) is 15.2. The highest BCUT2D eigenvalue weighted by molar-refractivity contribution is 6.10. The Balaban J connectivity index is 1.12. The summed E-state index contributed by atoms with van der Waals surface area (Å²) in [5.74, 6) is 0.840. The second kappa shape index (κ2) is 11.4. The van der Waals surface area contributed by atoms with Gasteiger partial charge in [0.15, 0.2) is 0 Å². The van der Waals surface area contributed by atoms with Crippen LogP contribution in [-0.4, -0.2) is 75.6 Å². The number of alkyl halides is 3. The smallest absolute Gasteiger partial charge is 0.371 e. The molecule has 4 aliphatic heterocycles. The first-order valence-corrected chi connectivity index (χ1v) is 17.3. The van der Waals surface area contributed by atoms with Gasteiger partial charge < -0.3 is 19.3 Å². The third-order valence-corrected chi connectivity index (χ3v) is 11.6. The molecular weight excluding hydrogens is 631 g/mol. The number of carbonyl (C=O) groups excluding carboxylic acids is 2. The number of halogens is 3. The van der Waals surface area contributed by atoms with Crippen LogP contribution < -0.4 is 9.80 Å². The lowest BCUT2D eigenvalue weighted by molar-refractivity contribution is -0.138. The highest BCUT2D eigenvalue weighted by Gasteiger charge is 2.50. The second-order valence-electron chi connectivity index (χ2n) is 15.2. The Labute approximate surface area is 284 Å². The van der Waals surface area contributed by atoms with Crippen LogP contribution in [0.3, 0.4) is 0 Å². The van der Waals surface area contributed by atoms with Crippen molar-refractivity contribution in [3.63, 3.8) is 0 Å². The summed E-state index contributed by atoms with van der Waals surface area (Å²) < 4.78 is 46.0. The summed E-state index contributed by atoms with van der Waals surface area (Å²) in [6, 6.07) is 9.08. The molecule has 1 spiro atoms. The number of benzene rings is 2. The quantitative estimate of drug-likeness (QED) is 0.307. The summed E-state index contributed by atoms with van der Waals surface area (Å²) >= 11 is 0. The van der Waals surface area contributed by atoms with Crippen molar-refractivity contribution in [1.29, 1.82) is 0 Å². The number of nitrogens with zero attached hydrogens (tertiary/aromatic N) is 7. The van der Waals surface area contributed by atoms with E-state index < -0.39 is 23.1 Å². The van der Waals surface area contributed by atoms with Crippen molar-refractivity contribution in [3.8, 4) is 0 Å². The zero-order chi connectivity index (χ0) is 34.3. The van der Waals surface area contributed by atoms with Crippen molar-refractivity contribution in [1.82, 2.24) is 24.6 Å². The molecule has 0 atom stereocenters. The van der Waals surface area contributed by atoms with Crippen LogP contribution >= 0.6 is 0 Å². The maximum Gasteiger partial charge on any atom is 0.416 e. The molecule has 0 radical (unpaired) electrons. The predicted octanol–water partition coefficient (Wildman–Crippen LogP) is 5.53. The first kappa shape index (κ1) is 32.0. The van der Waals surface area contributed by atoms with Gasteiger partial charge in [-0.3, -0.25) is 14.5 Å². The van der Waals surface area contributed by atoms with Crippen molar-refractivity contribution < 1.29 is 22.8 Å². The molecule has 2 amide bonds. The number of anilines is 2. The zero-order valence-electron chi connectivity index (χ0n) is 28.1. The number of hydrogen-bond acceptors (Lipinski definition) is 6. The standard InChI is InChI=1S/C37H42F3N7O2/c1-4-32(48)46-21-35(22-46)7-10-44(20-35)18-25-11-29-30(31(12-25)37(38,39)40)19-47(33(29)49)28-14-26(13-27(15-28)45-8-5-6-9-45)36(16-24(2)17-36)34-42-41-23-43(34)3/h4,11-15,23-24H,1,5-10,16-22H2,2-3H3. The Kier molecular flexibility index (Phi) is 7.47. The van der Waals surface area contributed by atoms with Crippen molar-refractivity contribution >= 4 is 23.2 Å². The van der Waals surface area contributed by atoms with Crippen LogP contribution in [0.15, 0.2) is 49.3 Å². The predicted molar refractivity (Wildman–Crippen MR) is 179 cm³/mol. The molecule has 0 N–H and O–H groups in total. The maximum atomic E-state index is 14.7. The summed E-state index contributed by atoms with van der Waals surface area (Å²) in [4.78, 5) is 34.0. The van der Waals surface area contributed by atoms with E-state index in [1.165, 1.54) is 17.0 Å². The topological polar surface area (TPSA) is 77.8 Å². The van der Waals surface area contributed by atoms with Gasteiger partial charge in [-0.25, -0.2) is 0 Å². The zero-order valence-corrected chi connectivity index (χ0v) is 28.1. The van der Waals surface area contributed by atoms with Crippen LogP contribution in [0.25, 0.3) is 0 Å². The molecule has 5 aliphatic rings. The van der Waals surface area contributed by atoms with Crippen LogP contribution in [0.1, 0.15) is 77.5 Å². The van der Waals surface area contributed by atoms with Crippen molar-refractivity contribution in [2.24, 2.45) is 18.4 Å². The molecule has 3 aromatic rings. The van der Waals surface area contributed by atoms with Gasteiger partial charge in [0.1, 0.15) is 12.2 Å². The van der Waals surface area contributed by atoms with E-state index in [2.05, 4.69) is 39.6 Å². The molecule has 4 fully saturated rings. The van der Waals surface area contributed by atoms with Gasteiger partial charge in [-0.15, -0.1) is 10.2 Å². The number of aromatic nitrogens is 3. The monoisotopic (exact) mass is 673 g/mol. The molecule has 1 aliphatic carbocycles. The lowest BCUT2D eigenvalue weighted by Crippen LogP contribution is -2.59. The third kappa shape index (κ3) is 5.34. The molecule has 8 rings (SSSR count). The number of hydrogen-bond donors (Lipinski definition) is 0. The van der Waals surface area contributed by atoms with E-state index >= 15 is 0 Å². The summed E-state index contributed by atoms with van der Waals surface area (Å²) in [6.07, 6.45) is 3.17. The van der Waals surface area contributed by atoms with E-state index in [1.54, 1.807) is 17.3 Å². The highest BCUT2D eigenvalue weighted by atomic mass is 19.4. The van der Waals surface area contributed by atoms with Crippen LogP contribution in [-0.2, 0) is 36.5 Å². The van der Waals surface area contributed by atoms with Crippen LogP contribution in [0.4, 0.5) is 24.5 Å². The minimum atomic E-state index is -4.61. The molecule has 49 heavy (non-hydrogen) atoms. The summed E-state index contributed by atoms with van der Waals surface area (Å²) in [5.41, 5.74) is 2.09. The third-order valence-electron chi connectivity index (χ3n) is 11.6. The molecular formula is C37H42F3N7O2. The Bertz CT molecular complexity index is 1830. The molecule has 12 heteroatoms. The lowest BCUT2D eigenvalue weighted by atomic mass is 9.58. The largest absolute Gasteiger partial charge is 0.416 e. The molecule has 258 valence electrons. The average molecular weight is 674 g/mol. The molecule has 3 saturated heterocycles. The van der Waals surface area contributed by atoms with Gasteiger partial charge in [-0.2, -0.15) is 13.2 Å². The number of aryl methyl sites for hydroxylation is 1. The number of amides is 2. The summed E-state index contributed by atoms with van der Waals surface area (Å²) in [5, 5.41) is 8.69. The SMILES string of the molecule is C=CC(=O)N1CC2(CCN(Cc3cc4c(c(C(F)(F)F)c3)CN(c3cc(N5CCCC5)cc(C5(c6nncn6C)CC(C)C5)c3)C4=O)C2)C1. The van der Waals surface area contributed by atoms with E-state index in [9.17, 15) is 22.8 Å². The van der Waals surface area contributed by atoms with E-state index in [0.29, 0.717) is 43.3 Å². The molecule has 1 saturated carbocycles. The van der Waals surface area contributed by atoms with E-state index in [4.69, 9.17) is 0 Å². The average Bonchev–Trinajstić information content (AvgIpc) is 3.85. The number of likely N-dealkylation sites (tertiary alicyclic amines) is 2. The highest BCUT2D eigenvalue weighted by Crippen LogP contribution is 2.53. The Morgan fingerprint density at radius 1 is 1.04 bits per heavy atom. The van der Waals surface area contributed by atoms with Gasteiger partial charge in [-0.1, -0.05) is 13.5 Å². The minimum Gasteiger partial charge on any atom is -0.371 e. The van der Waals surface area contributed by atoms with Crippen LogP contribution in [0, 0.1) is 11.3 Å². The van der Waals surface area contributed by atoms with Crippen LogP contribution in [0.5, 0.6) is 0 Å². The summed E-state index contributed by atoms with van der Waals surface area (Å²) in [7, 11) is 1.94. The minimum absolute atomic E-state index is 0.0325. The van der Waals surface area contributed by atoms with Gasteiger partial charge in [0.25, 0.3) is 5.91 Å². The molecule has 0 unspecified atom stereocenters. The first-order valence-electron chi connectivity index (χ1n) is 17.3. The molecule has 0 bridgehead atoms. The number of fused-ring (bicyclic) bond motifs is 1. The number of rotatable bonds is 7. The van der Waals surface area contributed by atoms with Gasteiger partial charge in [0, 0.05) is 68.7 Å². The fraction of sp³-hybridized carbons (Fsp3) is 0.514. The Hall–Kier alpha value is -4.19. The first-order chi connectivity index (χ1) is 23.4. The van der Waals surface area contributed by atoms with Gasteiger partial charge in [0.2, 0.25) is 5.91 Å². The van der Waals surface area contributed by atoms with Crippen molar-refractivity contribution in [2.45, 2.75) is 63.7 Å². The fourth-order valence-corrected chi connectivity index (χ4v) is 9.33. The van der Waals surface area contributed by atoms with Crippen molar-refractivity contribution in [3.05, 3.63) is 83.0 Å². The fourth-order valence-electron chi connectivity index (χ4n) is 9.33. The Morgan fingerprint density at radius 2 is 1.78 bits per heavy atom. The number of carbonyl (C=O) groups is 2. The molecule has 2 aromatic carbocycles. The van der Waals surface area contributed by atoms with Crippen molar-refractivity contribution in [2.75, 3.05) is 49.1 Å². The maximum absolute atomic E-state index is 14.7.